The van der Waals surface area contributed by atoms with Crippen LogP contribution in [0.25, 0.3) is 0 Å². The quantitative estimate of drug-likeness (QED) is 0.388. The molecule has 4 aromatic rings. The van der Waals surface area contributed by atoms with Crippen LogP contribution in [0.15, 0.2) is 85.5 Å². The lowest BCUT2D eigenvalue weighted by Crippen LogP contribution is -2.30. The topological polar surface area (TPSA) is 100 Å². The Labute approximate surface area is 206 Å². The van der Waals surface area contributed by atoms with Crippen LogP contribution in [0.4, 0.5) is 11.4 Å². The molecule has 2 N–H and O–H groups in total. The molecule has 0 radical (unpaired) electrons. The molecule has 1 aliphatic carbocycles. The normalized spacial score (nSPS) is 11.9. The van der Waals surface area contributed by atoms with E-state index < -0.39 is 23.4 Å². The van der Waals surface area contributed by atoms with Gasteiger partial charge in [0.1, 0.15) is 25.2 Å². The minimum Gasteiger partial charge on any atom is -0.321 e. The first kappa shape index (κ1) is 22.8. The van der Waals surface area contributed by atoms with Crippen molar-refractivity contribution >= 4 is 34.8 Å². The molecule has 2 aromatic carbocycles. The number of rotatable bonds is 4. The SMILES string of the molecule is C[n+]1cccc(C(=O)Nc2ccc(NC(=O)c3ccc[n+](C)c3)c3c2C(=O)c2ccccc2C3=O)c1. The molecule has 1 aliphatic rings. The highest BCUT2D eigenvalue weighted by atomic mass is 16.2. The van der Waals surface area contributed by atoms with Crippen LogP contribution in [-0.4, -0.2) is 23.4 Å². The summed E-state index contributed by atoms with van der Waals surface area (Å²) >= 11 is 0. The molecule has 2 heterocycles. The van der Waals surface area contributed by atoms with Gasteiger partial charge in [0.15, 0.2) is 36.4 Å². The van der Waals surface area contributed by atoms with Gasteiger partial charge in [-0.25, -0.2) is 9.13 Å². The number of carbonyl (C=O) groups is 4. The van der Waals surface area contributed by atoms with Crippen molar-refractivity contribution in [1.82, 2.24) is 0 Å². The Morgan fingerprint density at radius 2 is 1.03 bits per heavy atom. The number of amides is 2. The number of ketones is 2. The summed E-state index contributed by atoms with van der Waals surface area (Å²) in [6, 6.07) is 16.3. The van der Waals surface area contributed by atoms with Gasteiger partial charge in [-0.2, -0.15) is 0 Å². The monoisotopic (exact) mass is 478 g/mol. The molecule has 0 spiro atoms. The zero-order valence-corrected chi connectivity index (χ0v) is 19.6. The first-order valence-electron chi connectivity index (χ1n) is 11.2. The Kier molecular flexibility index (Phi) is 5.69. The highest BCUT2D eigenvalue weighted by molar-refractivity contribution is 6.33. The number of hydrogen-bond donors (Lipinski definition) is 2. The molecule has 8 heteroatoms. The minimum atomic E-state index is -0.430. The smallest absolute Gasteiger partial charge is 0.261 e. The highest BCUT2D eigenvalue weighted by Crippen LogP contribution is 2.37. The summed E-state index contributed by atoms with van der Waals surface area (Å²) in [6.45, 7) is 0. The van der Waals surface area contributed by atoms with Crippen molar-refractivity contribution in [2.75, 3.05) is 10.6 Å². The molecule has 0 atom stereocenters. The largest absolute Gasteiger partial charge is 0.321 e. The number of pyridine rings is 2. The zero-order chi connectivity index (χ0) is 25.4. The first-order chi connectivity index (χ1) is 17.3. The molecule has 0 bridgehead atoms. The summed E-state index contributed by atoms with van der Waals surface area (Å²) in [5.41, 5.74) is 1.74. The molecular formula is C28H22N4O4+2. The molecule has 8 nitrogen and oxygen atoms in total. The van der Waals surface area contributed by atoms with Crippen molar-refractivity contribution in [3.63, 3.8) is 0 Å². The van der Waals surface area contributed by atoms with E-state index in [4.69, 9.17) is 0 Å². The summed E-state index contributed by atoms with van der Waals surface area (Å²) in [6.07, 6.45) is 6.89. The first-order valence-corrected chi connectivity index (χ1v) is 11.2. The third-order valence-corrected chi connectivity index (χ3v) is 5.98. The average Bonchev–Trinajstić information content (AvgIpc) is 2.88. The van der Waals surface area contributed by atoms with E-state index in [2.05, 4.69) is 10.6 Å². The number of aromatic nitrogens is 2. The summed E-state index contributed by atoms with van der Waals surface area (Å²) < 4.78 is 3.47. The van der Waals surface area contributed by atoms with Crippen LogP contribution in [0.3, 0.4) is 0 Å². The molecule has 2 amide bonds. The second-order valence-electron chi connectivity index (χ2n) is 8.54. The van der Waals surface area contributed by atoms with Crippen LogP contribution in [0.5, 0.6) is 0 Å². The number of nitrogens with one attached hydrogen (secondary N) is 2. The molecule has 176 valence electrons. The van der Waals surface area contributed by atoms with E-state index in [-0.39, 0.29) is 33.6 Å². The molecule has 2 aromatic heterocycles. The lowest BCUT2D eigenvalue weighted by molar-refractivity contribution is -0.671. The molecule has 36 heavy (non-hydrogen) atoms. The molecule has 0 saturated heterocycles. The van der Waals surface area contributed by atoms with Crippen LogP contribution in [0.1, 0.15) is 52.6 Å². The maximum Gasteiger partial charge on any atom is 0.261 e. The minimum absolute atomic E-state index is 0.0452. The summed E-state index contributed by atoms with van der Waals surface area (Å²) in [7, 11) is 3.59. The van der Waals surface area contributed by atoms with Gasteiger partial charge in [0.25, 0.3) is 11.8 Å². The third kappa shape index (κ3) is 4.05. The number of anilines is 2. The van der Waals surface area contributed by atoms with Crippen LogP contribution in [0, 0.1) is 0 Å². The Morgan fingerprint density at radius 1 is 0.611 bits per heavy atom. The highest BCUT2D eigenvalue weighted by Gasteiger charge is 2.35. The van der Waals surface area contributed by atoms with E-state index in [9.17, 15) is 19.2 Å². The fourth-order valence-electron chi connectivity index (χ4n) is 4.26. The number of benzene rings is 2. The van der Waals surface area contributed by atoms with Gasteiger partial charge in [0.2, 0.25) is 0 Å². The molecule has 0 fully saturated rings. The zero-order valence-electron chi connectivity index (χ0n) is 19.6. The summed E-state index contributed by atoms with van der Waals surface area (Å²) in [4.78, 5) is 53.1. The number of hydrogen-bond acceptors (Lipinski definition) is 4. The van der Waals surface area contributed by atoms with E-state index in [1.54, 1.807) is 96.5 Å². The maximum absolute atomic E-state index is 13.6. The van der Waals surface area contributed by atoms with Gasteiger partial charge in [0.05, 0.1) is 22.5 Å². The van der Waals surface area contributed by atoms with E-state index >= 15 is 0 Å². The Hall–Kier alpha value is -4.98. The van der Waals surface area contributed by atoms with Crippen LogP contribution < -0.4 is 19.8 Å². The Bertz CT molecular complexity index is 1470. The predicted molar refractivity (Wildman–Crippen MR) is 131 cm³/mol. The predicted octanol–water partition coefficient (Wildman–Crippen LogP) is 2.62. The second-order valence-corrected chi connectivity index (χ2v) is 8.54. The van der Waals surface area contributed by atoms with Crippen molar-refractivity contribution in [2.45, 2.75) is 0 Å². The van der Waals surface area contributed by atoms with Crippen molar-refractivity contribution in [3.8, 4) is 0 Å². The fraction of sp³-hybridized carbons (Fsp3) is 0.0714. The van der Waals surface area contributed by atoms with Crippen molar-refractivity contribution < 1.29 is 28.3 Å². The van der Waals surface area contributed by atoms with Gasteiger partial charge < -0.3 is 10.6 Å². The van der Waals surface area contributed by atoms with E-state index in [0.717, 1.165) is 0 Å². The van der Waals surface area contributed by atoms with Gasteiger partial charge in [-0.3, -0.25) is 19.2 Å². The van der Waals surface area contributed by atoms with Crippen molar-refractivity contribution in [3.05, 3.63) is 119 Å². The lowest BCUT2D eigenvalue weighted by atomic mass is 9.82. The fourth-order valence-corrected chi connectivity index (χ4v) is 4.26. The van der Waals surface area contributed by atoms with Crippen LogP contribution in [0.2, 0.25) is 0 Å². The molecule has 0 saturated carbocycles. The number of fused-ring (bicyclic) bond motifs is 2. The van der Waals surface area contributed by atoms with Crippen LogP contribution in [-0.2, 0) is 14.1 Å². The Morgan fingerprint density at radius 3 is 1.42 bits per heavy atom. The molecule has 0 aliphatic heterocycles. The number of aryl methyl sites for hydroxylation is 2. The lowest BCUT2D eigenvalue weighted by Gasteiger charge is -2.23. The number of carbonyl (C=O) groups excluding carboxylic acids is 4. The van der Waals surface area contributed by atoms with Gasteiger partial charge in [-0.15, -0.1) is 0 Å². The number of nitrogens with zero attached hydrogens (tertiary/aromatic N) is 2. The third-order valence-electron chi connectivity index (χ3n) is 5.98. The van der Waals surface area contributed by atoms with Crippen molar-refractivity contribution in [2.24, 2.45) is 14.1 Å². The van der Waals surface area contributed by atoms with Crippen molar-refractivity contribution in [1.29, 1.82) is 0 Å². The van der Waals surface area contributed by atoms with E-state index in [0.29, 0.717) is 11.1 Å². The molecular weight excluding hydrogens is 456 g/mol. The second kappa shape index (κ2) is 8.99. The standard InChI is InChI=1S/C28H20N4O4/c1-31-13-5-7-17(15-31)27(35)29-21-11-12-22(30-28(36)18-8-6-14-32(2)16-18)24-23(21)25(33)19-9-3-4-10-20(19)26(24)34/h3-16H,1-2H3/p+2. The molecule has 5 rings (SSSR count). The van der Waals surface area contributed by atoms with E-state index in [1.807, 2.05) is 0 Å². The summed E-state index contributed by atoms with van der Waals surface area (Å²) in [5.74, 6) is -1.67. The van der Waals surface area contributed by atoms with Gasteiger partial charge in [-0.1, -0.05) is 24.3 Å². The van der Waals surface area contributed by atoms with Gasteiger partial charge in [0, 0.05) is 23.3 Å². The van der Waals surface area contributed by atoms with Gasteiger partial charge >= 0.3 is 0 Å². The summed E-state index contributed by atoms with van der Waals surface area (Å²) in [5, 5.41) is 5.55. The van der Waals surface area contributed by atoms with E-state index in [1.165, 1.54) is 12.1 Å². The average molecular weight is 479 g/mol. The Balaban J connectivity index is 1.60. The van der Waals surface area contributed by atoms with Crippen LogP contribution >= 0.6 is 0 Å². The molecule has 0 unspecified atom stereocenters. The maximum atomic E-state index is 13.6. The van der Waals surface area contributed by atoms with Gasteiger partial charge in [-0.05, 0) is 24.3 Å².